The molecule has 0 spiro atoms. The zero-order valence-corrected chi connectivity index (χ0v) is 9.83. The Morgan fingerprint density at radius 2 is 2.19 bits per heavy atom. The summed E-state index contributed by atoms with van der Waals surface area (Å²) in [6.07, 6.45) is 3.92. The van der Waals surface area contributed by atoms with Crippen LogP contribution in [0.2, 0.25) is 5.15 Å². The summed E-state index contributed by atoms with van der Waals surface area (Å²) >= 11 is 5.79. The van der Waals surface area contributed by atoms with Crippen molar-refractivity contribution < 1.29 is 9.53 Å². The van der Waals surface area contributed by atoms with E-state index in [1.54, 1.807) is 12.3 Å². The van der Waals surface area contributed by atoms with Crippen LogP contribution < -0.4 is 4.90 Å². The molecule has 1 fully saturated rings. The van der Waals surface area contributed by atoms with Crippen LogP contribution in [0.1, 0.15) is 23.2 Å². The molecular formula is C11H13ClN2O2. The fraction of sp³-hybridized carbons (Fsp3) is 0.455. The fourth-order valence-corrected chi connectivity index (χ4v) is 2.06. The van der Waals surface area contributed by atoms with Crippen LogP contribution in [0.3, 0.4) is 0 Å². The molecule has 0 atom stereocenters. The van der Waals surface area contributed by atoms with Crippen molar-refractivity contribution in [1.82, 2.24) is 4.98 Å². The number of halogens is 1. The number of pyridine rings is 1. The highest BCUT2D eigenvalue weighted by atomic mass is 35.5. The second kappa shape index (κ2) is 4.70. The Labute approximate surface area is 99.2 Å². The summed E-state index contributed by atoms with van der Waals surface area (Å²) in [6.45, 7) is 1.90. The molecule has 1 aliphatic heterocycles. The molecule has 2 rings (SSSR count). The van der Waals surface area contributed by atoms with E-state index in [4.69, 9.17) is 16.3 Å². The zero-order chi connectivity index (χ0) is 11.5. The van der Waals surface area contributed by atoms with Gasteiger partial charge in [0.25, 0.3) is 0 Å². The first-order valence-corrected chi connectivity index (χ1v) is 5.59. The standard InChI is InChI=1S/C11H13ClN2O2/c1-16-11(15)8-6-10(12)13-7-9(8)14-4-2-3-5-14/h6-7H,2-5H2,1H3. The Morgan fingerprint density at radius 1 is 1.50 bits per heavy atom. The number of esters is 1. The lowest BCUT2D eigenvalue weighted by Gasteiger charge is -2.19. The Balaban J connectivity index is 2.38. The number of aromatic nitrogens is 1. The molecular weight excluding hydrogens is 228 g/mol. The van der Waals surface area contributed by atoms with Crippen molar-refractivity contribution in [3.05, 3.63) is 23.0 Å². The first kappa shape index (κ1) is 11.2. The SMILES string of the molecule is COC(=O)c1cc(Cl)ncc1N1CCCC1. The van der Waals surface area contributed by atoms with Crippen LogP contribution in [0, 0.1) is 0 Å². The van der Waals surface area contributed by atoms with Gasteiger partial charge in [-0.1, -0.05) is 11.6 Å². The molecule has 0 radical (unpaired) electrons. The van der Waals surface area contributed by atoms with Crippen molar-refractivity contribution in [2.75, 3.05) is 25.1 Å². The van der Waals surface area contributed by atoms with E-state index in [0.29, 0.717) is 10.7 Å². The molecule has 0 unspecified atom stereocenters. The minimum atomic E-state index is -0.369. The lowest BCUT2D eigenvalue weighted by Crippen LogP contribution is -2.21. The second-order valence-corrected chi connectivity index (χ2v) is 4.10. The summed E-state index contributed by atoms with van der Waals surface area (Å²) < 4.78 is 4.74. The Hall–Kier alpha value is -1.29. The molecule has 0 amide bonds. The monoisotopic (exact) mass is 240 g/mol. The quantitative estimate of drug-likeness (QED) is 0.587. The van der Waals surface area contributed by atoms with Gasteiger partial charge in [0.05, 0.1) is 24.6 Å². The summed E-state index contributed by atoms with van der Waals surface area (Å²) in [5.41, 5.74) is 1.30. The fourth-order valence-electron chi connectivity index (χ4n) is 1.91. The topological polar surface area (TPSA) is 42.4 Å². The molecule has 0 N–H and O–H groups in total. The lowest BCUT2D eigenvalue weighted by molar-refractivity contribution is 0.0601. The van der Waals surface area contributed by atoms with Crippen molar-refractivity contribution in [2.45, 2.75) is 12.8 Å². The molecule has 1 aromatic heterocycles. The predicted molar refractivity (Wildman–Crippen MR) is 62.0 cm³/mol. The Kier molecular flexibility index (Phi) is 3.29. The van der Waals surface area contributed by atoms with Gasteiger partial charge < -0.3 is 9.64 Å². The van der Waals surface area contributed by atoms with Crippen LogP contribution in [-0.4, -0.2) is 31.2 Å². The van der Waals surface area contributed by atoms with Gasteiger partial charge in [0.15, 0.2) is 0 Å². The maximum atomic E-state index is 11.6. The first-order valence-electron chi connectivity index (χ1n) is 5.21. The van der Waals surface area contributed by atoms with Gasteiger partial charge in [0, 0.05) is 13.1 Å². The number of carbonyl (C=O) groups is 1. The third-order valence-corrected chi connectivity index (χ3v) is 2.91. The van der Waals surface area contributed by atoms with Gasteiger partial charge in [-0.3, -0.25) is 0 Å². The number of methoxy groups -OCH3 is 1. The van der Waals surface area contributed by atoms with E-state index < -0.39 is 0 Å². The number of nitrogens with zero attached hydrogens (tertiary/aromatic N) is 2. The number of rotatable bonds is 2. The molecule has 0 aliphatic carbocycles. The van der Waals surface area contributed by atoms with Gasteiger partial charge in [-0.25, -0.2) is 9.78 Å². The van der Waals surface area contributed by atoms with Crippen molar-refractivity contribution in [3.8, 4) is 0 Å². The molecule has 0 aromatic carbocycles. The minimum Gasteiger partial charge on any atom is -0.465 e. The molecule has 86 valence electrons. The van der Waals surface area contributed by atoms with Crippen LogP contribution in [-0.2, 0) is 4.74 Å². The molecule has 5 heteroatoms. The smallest absolute Gasteiger partial charge is 0.340 e. The first-order chi connectivity index (χ1) is 7.72. The number of carbonyl (C=O) groups excluding carboxylic acids is 1. The summed E-state index contributed by atoms with van der Waals surface area (Å²) in [5.74, 6) is -0.369. The summed E-state index contributed by atoms with van der Waals surface area (Å²) in [5, 5.41) is 0.309. The van der Waals surface area contributed by atoms with Crippen molar-refractivity contribution in [3.63, 3.8) is 0 Å². The van der Waals surface area contributed by atoms with Crippen molar-refractivity contribution >= 4 is 23.3 Å². The third-order valence-electron chi connectivity index (χ3n) is 2.70. The number of hydrogen-bond acceptors (Lipinski definition) is 4. The van der Waals surface area contributed by atoms with E-state index in [-0.39, 0.29) is 5.97 Å². The molecule has 0 bridgehead atoms. The van der Waals surface area contributed by atoms with E-state index >= 15 is 0 Å². The third kappa shape index (κ3) is 2.11. The summed E-state index contributed by atoms with van der Waals surface area (Å²) in [4.78, 5) is 17.8. The average Bonchev–Trinajstić information content (AvgIpc) is 2.81. The van der Waals surface area contributed by atoms with E-state index in [1.165, 1.54) is 7.11 Å². The van der Waals surface area contributed by atoms with Crippen LogP contribution in [0.15, 0.2) is 12.3 Å². The van der Waals surface area contributed by atoms with Crippen molar-refractivity contribution in [1.29, 1.82) is 0 Å². The van der Waals surface area contributed by atoms with Gasteiger partial charge in [0.1, 0.15) is 5.15 Å². The van der Waals surface area contributed by atoms with Gasteiger partial charge in [0.2, 0.25) is 0 Å². The van der Waals surface area contributed by atoms with Crippen LogP contribution in [0.25, 0.3) is 0 Å². The average molecular weight is 241 g/mol. The maximum Gasteiger partial charge on any atom is 0.340 e. The zero-order valence-electron chi connectivity index (χ0n) is 9.07. The number of anilines is 1. The second-order valence-electron chi connectivity index (χ2n) is 3.71. The van der Waals surface area contributed by atoms with Crippen LogP contribution in [0.4, 0.5) is 5.69 Å². The highest BCUT2D eigenvalue weighted by Gasteiger charge is 2.20. The van der Waals surface area contributed by atoms with E-state index in [0.717, 1.165) is 31.6 Å². The molecule has 16 heavy (non-hydrogen) atoms. The summed E-state index contributed by atoms with van der Waals surface area (Å²) in [6, 6.07) is 1.56. The summed E-state index contributed by atoms with van der Waals surface area (Å²) in [7, 11) is 1.37. The molecule has 1 aromatic rings. The van der Waals surface area contributed by atoms with Crippen molar-refractivity contribution in [2.24, 2.45) is 0 Å². The van der Waals surface area contributed by atoms with E-state index in [9.17, 15) is 4.79 Å². The Bertz CT molecular complexity index is 403. The maximum absolute atomic E-state index is 11.6. The number of ether oxygens (including phenoxy) is 1. The molecule has 4 nitrogen and oxygen atoms in total. The molecule has 1 aliphatic rings. The van der Waals surface area contributed by atoms with Gasteiger partial charge in [-0.15, -0.1) is 0 Å². The largest absolute Gasteiger partial charge is 0.465 e. The van der Waals surface area contributed by atoms with E-state index in [1.807, 2.05) is 0 Å². The predicted octanol–water partition coefficient (Wildman–Crippen LogP) is 2.12. The highest BCUT2D eigenvalue weighted by molar-refractivity contribution is 6.29. The van der Waals surface area contributed by atoms with Gasteiger partial charge in [-0.2, -0.15) is 0 Å². The number of hydrogen-bond donors (Lipinski definition) is 0. The molecule has 0 saturated carbocycles. The molecule has 1 saturated heterocycles. The highest BCUT2D eigenvalue weighted by Crippen LogP contribution is 2.26. The normalized spacial score (nSPS) is 15.2. The Morgan fingerprint density at radius 3 is 2.81 bits per heavy atom. The molecule has 2 heterocycles. The van der Waals surface area contributed by atoms with E-state index in [2.05, 4.69) is 9.88 Å². The van der Waals surface area contributed by atoms with Gasteiger partial charge >= 0.3 is 5.97 Å². The van der Waals surface area contributed by atoms with Gasteiger partial charge in [-0.05, 0) is 18.9 Å². The minimum absolute atomic E-state index is 0.309. The van der Waals surface area contributed by atoms with Crippen LogP contribution >= 0.6 is 11.6 Å². The lowest BCUT2D eigenvalue weighted by atomic mass is 10.2. The van der Waals surface area contributed by atoms with Crippen LogP contribution in [0.5, 0.6) is 0 Å².